The standard InChI is InChI=1S/C7H7N3S.C6H4N3.C4H9I.C3H7.C2H6S2.3Ar.3HI.V/c1-11-6-3-9-7-5(6)2-8-4-10-7;1-2-8-6-5(1)3-7-4-9-6;1-3-4(2)5;1-3-2;1-3-4-2;;;;;;;/h2-4H,1H3,(H,8,9,10);1,3-4H,(H,7,8,9);4H,3H2,1-2H3;1,3H2,2H3;1-2H3;;;;3*1H;/q;+1;;-1;;;;;;;;+3/p-3. The van der Waals surface area contributed by atoms with Crippen LogP contribution in [0.1, 0.15) is 39.2 Å². The molecule has 0 radical (unpaired) electrons. The zero-order valence-electron chi connectivity index (χ0n) is 22.2. The molecule has 0 spiro atoms. The summed E-state index contributed by atoms with van der Waals surface area (Å²) in [6.07, 6.45) is 21.6. The molecule has 3 aromatic heterocycles. The zero-order valence-corrected chi connectivity index (χ0v) is 36.8. The molecule has 0 saturated heterocycles. The predicted octanol–water partition coefficient (Wildman–Crippen LogP) is 10.1. The van der Waals surface area contributed by atoms with Crippen molar-refractivity contribution < 1.29 is 118 Å². The monoisotopic (exact) mass is 1160 g/mol. The van der Waals surface area contributed by atoms with Crippen molar-refractivity contribution in [2.75, 3.05) is 24.1 Å². The Bertz CT molecular complexity index is 946. The fourth-order valence-electron chi connectivity index (χ4n) is 1.74. The summed E-state index contributed by atoms with van der Waals surface area (Å²) < 4.78 is 0.854. The molecule has 1 atom stereocenters. The van der Waals surface area contributed by atoms with E-state index >= 15 is 0 Å². The summed E-state index contributed by atoms with van der Waals surface area (Å²) in [6, 6.07) is 0. The Balaban J connectivity index is -0.000000125. The van der Waals surface area contributed by atoms with Crippen molar-refractivity contribution in [1.29, 1.82) is 0 Å². The van der Waals surface area contributed by atoms with Gasteiger partial charge in [-0.05, 0) is 25.2 Å². The van der Waals surface area contributed by atoms with E-state index in [2.05, 4.69) is 152 Å². The molecule has 0 aliphatic carbocycles. The molecule has 1 aliphatic heterocycles. The molecule has 0 fully saturated rings. The van der Waals surface area contributed by atoms with Gasteiger partial charge in [0.15, 0.2) is 5.56 Å². The number of fused-ring (bicyclic) bond motifs is 2. The minimum atomic E-state index is -0.278. The van der Waals surface area contributed by atoms with Gasteiger partial charge in [-0.3, -0.25) is 0 Å². The second-order valence-electron chi connectivity index (χ2n) is 6.10. The number of aromatic amines is 1. The molecule has 0 aromatic carbocycles. The van der Waals surface area contributed by atoms with E-state index in [-0.39, 0.29) is 118 Å². The number of anilines is 1. The number of thioether (sulfide) groups is 1. The van der Waals surface area contributed by atoms with Crippen molar-refractivity contribution in [2.45, 2.75) is 42.4 Å². The van der Waals surface area contributed by atoms with Gasteiger partial charge in [-0.1, -0.05) is 64.9 Å². The van der Waals surface area contributed by atoms with Crippen LogP contribution in [0.4, 0.5) is 5.82 Å². The summed E-state index contributed by atoms with van der Waals surface area (Å²) in [5.41, 5.74) is 1.90. The first-order valence-corrected chi connectivity index (χ1v) is 29.4. The summed E-state index contributed by atoms with van der Waals surface area (Å²) in [5, 5.41) is 3.94. The summed E-state index contributed by atoms with van der Waals surface area (Å²) >= 11 is 11.5. The Morgan fingerprint density at radius 3 is 1.92 bits per heavy atom. The molecule has 2 N–H and O–H groups in total. The number of aromatic nitrogens is 5. The Labute approximate surface area is 389 Å². The average molecular weight is 1160 g/mol. The molecular formula is C22H33Ar3I4N6S3V. The second-order valence-corrected chi connectivity index (χ2v) is 47.1. The van der Waals surface area contributed by atoms with E-state index in [1.807, 2.05) is 31.6 Å². The second kappa shape index (κ2) is 39.7. The van der Waals surface area contributed by atoms with Gasteiger partial charge >= 0.3 is 64.9 Å². The van der Waals surface area contributed by atoms with Gasteiger partial charge < -0.3 is 11.9 Å². The Morgan fingerprint density at radius 1 is 1.00 bits per heavy atom. The normalized spacial score (nSPS) is 9.85. The molecule has 17 heteroatoms. The van der Waals surface area contributed by atoms with Crippen LogP contribution >= 0.6 is 116 Å². The summed E-state index contributed by atoms with van der Waals surface area (Å²) in [5.74, 6) is 0.838. The Kier molecular flexibility index (Phi) is 54.9. The van der Waals surface area contributed by atoms with Crippen LogP contribution in [0.5, 0.6) is 0 Å². The van der Waals surface area contributed by atoms with Gasteiger partial charge in [0.1, 0.15) is 36.8 Å². The van der Waals surface area contributed by atoms with Crippen LogP contribution < -0.4 is 5.32 Å². The number of hydrogen-bond acceptors (Lipinski definition) is 8. The number of hydrogen-bond donors (Lipinski definition) is 2. The SMILES string of the molecule is CCC(C)I.CSSC.CSc1c[nH]c2ncncc12.[Ar].[Ar].[Ar].[C+]1=Cc2cncnc2N1.[CH2-]CC.[I][V]([I])[I]. The van der Waals surface area contributed by atoms with E-state index in [1.165, 1.54) is 17.6 Å². The molecule has 1 aliphatic rings. The summed E-state index contributed by atoms with van der Waals surface area (Å²) in [7, 11) is 3.55. The zero-order chi connectivity index (χ0) is 27.8. The molecule has 0 saturated carbocycles. The van der Waals surface area contributed by atoms with E-state index in [0.717, 1.165) is 32.8 Å². The topological polar surface area (TPSA) is 79.4 Å². The third kappa shape index (κ3) is 33.2. The van der Waals surface area contributed by atoms with Gasteiger partial charge in [0.2, 0.25) is 0 Å². The third-order valence-corrected chi connectivity index (χ3v) is 6.42. The Hall–Kier alpha value is 5.48. The molecule has 4 rings (SSSR count). The number of nitrogens with one attached hydrogen (secondary N) is 2. The van der Waals surface area contributed by atoms with E-state index in [9.17, 15) is 0 Å². The molecule has 6 nitrogen and oxygen atoms in total. The van der Waals surface area contributed by atoms with Crippen LogP contribution in [0.2, 0.25) is 0 Å². The van der Waals surface area contributed by atoms with Gasteiger partial charge in [0.25, 0.3) is 5.82 Å². The maximum atomic E-state index is 4.07. The van der Waals surface area contributed by atoms with Gasteiger partial charge in [0.05, 0.1) is 5.39 Å². The molecule has 226 valence electrons. The Morgan fingerprint density at radius 2 is 1.49 bits per heavy atom. The van der Waals surface area contributed by atoms with E-state index in [1.54, 1.807) is 45.9 Å². The number of rotatable bonds is 3. The van der Waals surface area contributed by atoms with Crippen LogP contribution in [0, 0.1) is 126 Å². The van der Waals surface area contributed by atoms with Gasteiger partial charge in [-0.25, -0.2) is 15.0 Å². The number of alkyl halides is 1. The van der Waals surface area contributed by atoms with E-state index in [0.29, 0.717) is 0 Å². The fraction of sp³-hybridized carbons (Fsp3) is 0.409. The van der Waals surface area contributed by atoms with Crippen LogP contribution in [-0.4, -0.2) is 47.6 Å². The fourth-order valence-corrected chi connectivity index (χ4v) is 2.28. The van der Waals surface area contributed by atoms with E-state index in [4.69, 9.17) is 0 Å². The first-order valence-electron chi connectivity index (χ1n) is 10.4. The third-order valence-electron chi connectivity index (χ3n) is 3.43. The molecule has 0 bridgehead atoms. The first-order chi connectivity index (χ1) is 17.2. The average Bonchev–Trinajstić information content (AvgIpc) is 3.52. The van der Waals surface area contributed by atoms with Crippen molar-refractivity contribution in [3.05, 3.63) is 49.9 Å². The van der Waals surface area contributed by atoms with Gasteiger partial charge in [0, 0.05) is 134 Å². The predicted molar refractivity (Wildman–Crippen MR) is 198 cm³/mol. The first kappa shape index (κ1) is 54.0. The van der Waals surface area contributed by atoms with Crippen molar-refractivity contribution >= 4 is 139 Å². The molecule has 4 heterocycles. The van der Waals surface area contributed by atoms with Crippen LogP contribution in [0.25, 0.3) is 17.1 Å². The molecular weight excluding hydrogens is 1120 g/mol. The minimum absolute atomic E-state index is 0. The summed E-state index contributed by atoms with van der Waals surface area (Å²) in [4.78, 5) is 19.8. The molecule has 3 aromatic rings. The molecule has 1 unspecified atom stereocenters. The van der Waals surface area contributed by atoms with Crippen LogP contribution in [0.15, 0.2) is 36.1 Å². The van der Waals surface area contributed by atoms with Crippen LogP contribution in [0.3, 0.4) is 0 Å². The van der Waals surface area contributed by atoms with Gasteiger partial charge in [-0.2, -0.15) is 11.7 Å². The van der Waals surface area contributed by atoms with Crippen LogP contribution in [-0.2, 0) is 4.92 Å². The molecule has 0 amide bonds. The van der Waals surface area contributed by atoms with Crippen molar-refractivity contribution in [3.8, 4) is 0 Å². The van der Waals surface area contributed by atoms with Crippen molar-refractivity contribution in [1.82, 2.24) is 24.9 Å². The van der Waals surface area contributed by atoms with Gasteiger partial charge in [-0.15, -0.1) is 16.7 Å². The quantitative estimate of drug-likeness (QED) is 0.0884. The molecule has 39 heavy (non-hydrogen) atoms. The maximum absolute atomic E-state index is 4.07. The number of H-pyrrole nitrogens is 1. The van der Waals surface area contributed by atoms with Crippen molar-refractivity contribution in [3.63, 3.8) is 0 Å². The van der Waals surface area contributed by atoms with Crippen molar-refractivity contribution in [2.24, 2.45) is 0 Å². The van der Waals surface area contributed by atoms with E-state index < -0.39 is 0 Å². The number of nitrogens with zero attached hydrogens (tertiary/aromatic N) is 4. The summed E-state index contributed by atoms with van der Waals surface area (Å²) in [6.45, 7) is 9.90. The number of halogens is 4.